The molecule has 144 valence electrons. The second-order valence-electron chi connectivity index (χ2n) is 7.98. The van der Waals surface area contributed by atoms with Crippen LogP contribution in [0.1, 0.15) is 43.5 Å². The first-order valence-corrected chi connectivity index (χ1v) is 10.3. The Morgan fingerprint density at radius 2 is 1.41 bits per heavy atom. The van der Waals surface area contributed by atoms with Crippen LogP contribution in [0.3, 0.4) is 0 Å². The van der Waals surface area contributed by atoms with Gasteiger partial charge in [-0.25, -0.2) is 8.42 Å². The lowest BCUT2D eigenvalue weighted by atomic mass is 10.1. The molecule has 2 aromatic carbocycles. The van der Waals surface area contributed by atoms with E-state index in [9.17, 15) is 13.2 Å². The molecule has 0 saturated carbocycles. The number of nitrogens with zero attached hydrogens (tertiary/aromatic N) is 1. The minimum atomic E-state index is -3.81. The number of hydrogen-bond acceptors (Lipinski definition) is 4. The summed E-state index contributed by atoms with van der Waals surface area (Å²) in [5, 5.41) is 0. The van der Waals surface area contributed by atoms with Crippen molar-refractivity contribution in [3.63, 3.8) is 0 Å². The molecule has 27 heavy (non-hydrogen) atoms. The van der Waals surface area contributed by atoms with Crippen LogP contribution in [-0.4, -0.2) is 30.3 Å². The normalized spacial score (nSPS) is 22.3. The average Bonchev–Trinajstić information content (AvgIpc) is 3.31. The van der Waals surface area contributed by atoms with Gasteiger partial charge in [-0.1, -0.05) is 47.5 Å². The first-order chi connectivity index (χ1) is 12.5. The number of aryl methyl sites for hydroxylation is 2. The smallest absolute Gasteiger partial charge is 0.327 e. The van der Waals surface area contributed by atoms with Crippen molar-refractivity contribution < 1.29 is 17.9 Å². The predicted octanol–water partition coefficient (Wildman–Crippen LogP) is 3.76. The SMILES string of the molecule is Cc1ccc([C@@H]2[C@@H](C(=O)OC(C)(C)C)N2S(=O)(=O)c2ccc(C)cc2)cc1. The van der Waals surface area contributed by atoms with Crippen molar-refractivity contribution in [1.82, 2.24) is 4.31 Å². The Kier molecular flexibility index (Phi) is 4.91. The van der Waals surface area contributed by atoms with Crippen LogP contribution >= 0.6 is 0 Å². The van der Waals surface area contributed by atoms with E-state index in [1.807, 2.05) is 38.1 Å². The van der Waals surface area contributed by atoms with Gasteiger partial charge in [0.25, 0.3) is 0 Å². The fraction of sp³-hybridized carbons (Fsp3) is 0.381. The number of ether oxygens (including phenoxy) is 1. The monoisotopic (exact) mass is 387 g/mol. The van der Waals surface area contributed by atoms with Gasteiger partial charge in [-0.15, -0.1) is 0 Å². The fourth-order valence-electron chi connectivity index (χ4n) is 3.03. The van der Waals surface area contributed by atoms with Gasteiger partial charge in [-0.2, -0.15) is 4.31 Å². The Balaban J connectivity index is 1.98. The Hall–Kier alpha value is -2.18. The molecule has 3 atom stereocenters. The standard InChI is InChI=1S/C21H25NO4S/c1-14-6-10-16(11-7-14)18-19(20(23)26-21(3,4)5)22(18)27(24,25)17-12-8-15(2)9-13-17/h6-13,18-19H,1-5H3/t18-,19+,22?/m1/s1. The molecule has 0 aromatic heterocycles. The molecule has 3 rings (SSSR count). The highest BCUT2D eigenvalue weighted by Gasteiger charge is 2.61. The molecule has 5 nitrogen and oxygen atoms in total. The van der Waals surface area contributed by atoms with Crippen LogP contribution in [0.25, 0.3) is 0 Å². The summed E-state index contributed by atoms with van der Waals surface area (Å²) in [4.78, 5) is 12.9. The zero-order valence-corrected chi connectivity index (χ0v) is 17.1. The van der Waals surface area contributed by atoms with Crippen LogP contribution < -0.4 is 0 Å². The van der Waals surface area contributed by atoms with Crippen LogP contribution in [0.15, 0.2) is 53.4 Å². The summed E-state index contributed by atoms with van der Waals surface area (Å²) in [6.07, 6.45) is 0. The summed E-state index contributed by atoms with van der Waals surface area (Å²) >= 11 is 0. The van der Waals surface area contributed by atoms with E-state index >= 15 is 0 Å². The molecule has 0 spiro atoms. The summed E-state index contributed by atoms with van der Waals surface area (Å²) in [7, 11) is -3.81. The van der Waals surface area contributed by atoms with Crippen molar-refractivity contribution in [2.24, 2.45) is 0 Å². The molecule has 0 radical (unpaired) electrons. The fourth-order valence-corrected chi connectivity index (χ4v) is 4.74. The molecule has 1 heterocycles. The lowest BCUT2D eigenvalue weighted by molar-refractivity contribution is -0.154. The molecule has 1 unspecified atom stereocenters. The minimum Gasteiger partial charge on any atom is -0.459 e. The number of carbonyl (C=O) groups excluding carboxylic acids is 1. The van der Waals surface area contributed by atoms with E-state index in [-0.39, 0.29) is 4.90 Å². The number of benzene rings is 2. The van der Waals surface area contributed by atoms with E-state index in [0.29, 0.717) is 0 Å². The Morgan fingerprint density at radius 3 is 1.89 bits per heavy atom. The number of sulfonamides is 1. The maximum absolute atomic E-state index is 13.2. The van der Waals surface area contributed by atoms with E-state index in [2.05, 4.69) is 0 Å². The second kappa shape index (κ2) is 6.77. The third-order valence-electron chi connectivity index (χ3n) is 4.42. The number of esters is 1. The lowest BCUT2D eigenvalue weighted by Crippen LogP contribution is -2.29. The highest BCUT2D eigenvalue weighted by Crippen LogP contribution is 2.48. The van der Waals surface area contributed by atoms with Gasteiger partial charge in [-0.3, -0.25) is 4.79 Å². The third-order valence-corrected chi connectivity index (χ3v) is 6.30. The molecule has 0 aliphatic carbocycles. The topological polar surface area (TPSA) is 63.5 Å². The Labute approximate surface area is 161 Å². The zero-order valence-electron chi connectivity index (χ0n) is 16.3. The molecule has 0 N–H and O–H groups in total. The predicted molar refractivity (Wildman–Crippen MR) is 104 cm³/mol. The quantitative estimate of drug-likeness (QED) is 0.592. The van der Waals surface area contributed by atoms with Gasteiger partial charge in [-0.05, 0) is 52.3 Å². The van der Waals surface area contributed by atoms with Crippen LogP contribution in [0.2, 0.25) is 0 Å². The molecule has 1 aliphatic heterocycles. The van der Waals surface area contributed by atoms with Crippen molar-refractivity contribution >= 4 is 16.0 Å². The van der Waals surface area contributed by atoms with Gasteiger partial charge >= 0.3 is 5.97 Å². The van der Waals surface area contributed by atoms with Crippen LogP contribution in [0.4, 0.5) is 0 Å². The Morgan fingerprint density at radius 1 is 0.926 bits per heavy atom. The maximum Gasteiger partial charge on any atom is 0.327 e. The van der Waals surface area contributed by atoms with E-state index < -0.39 is 33.7 Å². The van der Waals surface area contributed by atoms with E-state index in [1.165, 1.54) is 4.31 Å². The van der Waals surface area contributed by atoms with Crippen molar-refractivity contribution in [1.29, 1.82) is 0 Å². The van der Waals surface area contributed by atoms with Crippen molar-refractivity contribution in [2.45, 2.75) is 57.2 Å². The average molecular weight is 388 g/mol. The molecule has 1 aliphatic rings. The molecule has 6 heteroatoms. The minimum absolute atomic E-state index is 0.177. The van der Waals surface area contributed by atoms with Crippen LogP contribution in [0.5, 0.6) is 0 Å². The molecule has 2 aromatic rings. The van der Waals surface area contributed by atoms with Crippen LogP contribution in [0, 0.1) is 13.8 Å². The summed E-state index contributed by atoms with van der Waals surface area (Å²) in [5.74, 6) is -0.524. The van der Waals surface area contributed by atoms with E-state index in [0.717, 1.165) is 16.7 Å². The summed E-state index contributed by atoms with van der Waals surface area (Å²) in [6, 6.07) is 12.8. The highest BCUT2D eigenvalue weighted by molar-refractivity contribution is 7.89. The molecule has 1 fully saturated rings. The summed E-state index contributed by atoms with van der Waals surface area (Å²) < 4.78 is 33.0. The van der Waals surface area contributed by atoms with Crippen molar-refractivity contribution in [2.75, 3.05) is 0 Å². The first-order valence-electron chi connectivity index (χ1n) is 8.90. The number of rotatable bonds is 4. The molecular formula is C21H25NO4S. The zero-order chi connectivity index (χ0) is 20.0. The van der Waals surface area contributed by atoms with Gasteiger partial charge in [0.1, 0.15) is 11.6 Å². The summed E-state index contributed by atoms with van der Waals surface area (Å²) in [6.45, 7) is 9.17. The van der Waals surface area contributed by atoms with Gasteiger partial charge in [0.05, 0.1) is 10.9 Å². The summed E-state index contributed by atoms with van der Waals surface area (Å²) in [5.41, 5.74) is 2.14. The number of carbonyl (C=O) groups is 1. The van der Waals surface area contributed by atoms with Gasteiger partial charge in [0, 0.05) is 0 Å². The third kappa shape index (κ3) is 4.06. The first kappa shape index (κ1) is 19.6. The number of hydrogen-bond donors (Lipinski definition) is 0. The molecule has 0 bridgehead atoms. The van der Waals surface area contributed by atoms with Gasteiger partial charge < -0.3 is 4.74 Å². The van der Waals surface area contributed by atoms with Crippen molar-refractivity contribution in [3.05, 3.63) is 65.2 Å². The largest absolute Gasteiger partial charge is 0.459 e. The second-order valence-corrected chi connectivity index (χ2v) is 9.83. The van der Waals surface area contributed by atoms with Gasteiger partial charge in [0.15, 0.2) is 0 Å². The van der Waals surface area contributed by atoms with E-state index in [4.69, 9.17) is 4.74 Å². The Bertz CT molecular complexity index is 941. The molecule has 0 amide bonds. The lowest BCUT2D eigenvalue weighted by Gasteiger charge is -2.19. The van der Waals surface area contributed by atoms with Crippen LogP contribution in [-0.2, 0) is 19.6 Å². The molecular weight excluding hydrogens is 362 g/mol. The highest BCUT2D eigenvalue weighted by atomic mass is 32.2. The molecule has 1 saturated heterocycles. The van der Waals surface area contributed by atoms with Crippen molar-refractivity contribution in [3.8, 4) is 0 Å². The van der Waals surface area contributed by atoms with E-state index in [1.54, 1.807) is 45.0 Å². The maximum atomic E-state index is 13.2. The van der Waals surface area contributed by atoms with Gasteiger partial charge in [0.2, 0.25) is 10.0 Å².